The van der Waals surface area contributed by atoms with Gasteiger partial charge in [-0.2, -0.15) is 0 Å². The third-order valence-electron chi connectivity index (χ3n) is 5.41. The zero-order valence-electron chi connectivity index (χ0n) is 16.7. The van der Waals surface area contributed by atoms with E-state index in [0.717, 1.165) is 56.0 Å². The number of hydrogen-bond acceptors (Lipinski definition) is 2. The molecule has 154 valence electrons. The van der Waals surface area contributed by atoms with E-state index in [-0.39, 0.29) is 0 Å². The van der Waals surface area contributed by atoms with E-state index in [2.05, 4.69) is 27.1 Å². The Balaban J connectivity index is 1.69. The summed E-state index contributed by atoms with van der Waals surface area (Å²) in [5.41, 5.74) is 9.11. The van der Waals surface area contributed by atoms with Crippen LogP contribution < -0.4 is 0 Å². The molecule has 0 spiro atoms. The van der Waals surface area contributed by atoms with Crippen LogP contribution in [0.4, 0.5) is 0 Å². The van der Waals surface area contributed by atoms with Crippen molar-refractivity contribution in [3.8, 4) is 11.1 Å². The summed E-state index contributed by atoms with van der Waals surface area (Å²) in [5, 5.41) is 1.05. The molecule has 6 rings (SSSR count). The molecule has 2 aliphatic heterocycles. The van der Waals surface area contributed by atoms with Gasteiger partial charge in [-0.1, -0.05) is 35.3 Å². The Bertz CT molecular complexity index is 1610. The van der Waals surface area contributed by atoms with Crippen LogP contribution in [-0.4, -0.2) is 19.9 Å². The molecule has 0 atom stereocenters. The average Bonchev–Trinajstić information content (AvgIpc) is 3.55. The minimum absolute atomic E-state index is 0.523. The summed E-state index contributed by atoms with van der Waals surface area (Å²) in [7, 11) is 0. The van der Waals surface area contributed by atoms with E-state index >= 15 is 0 Å². The second kappa shape index (κ2) is 7.52. The fraction of sp³-hybridized carbons (Fsp3) is 0. The van der Waals surface area contributed by atoms with Gasteiger partial charge < -0.3 is 9.97 Å². The van der Waals surface area contributed by atoms with Gasteiger partial charge >= 0.3 is 0 Å². The van der Waals surface area contributed by atoms with Gasteiger partial charge in [0.25, 0.3) is 0 Å². The van der Waals surface area contributed by atoms with Crippen LogP contribution >= 0.6 is 23.2 Å². The number of halogens is 2. The van der Waals surface area contributed by atoms with E-state index in [1.807, 2.05) is 66.8 Å². The van der Waals surface area contributed by atoms with Gasteiger partial charge in [-0.3, -0.25) is 0 Å². The molecule has 3 aromatic heterocycles. The Labute approximate surface area is 193 Å². The van der Waals surface area contributed by atoms with Crippen molar-refractivity contribution in [2.75, 3.05) is 0 Å². The molecule has 6 heteroatoms. The minimum atomic E-state index is 0.523. The molecular weight excluding hydrogens is 439 g/mol. The third-order valence-corrected chi connectivity index (χ3v) is 6.23. The summed E-state index contributed by atoms with van der Waals surface area (Å²) >= 11 is 12.9. The van der Waals surface area contributed by atoms with Gasteiger partial charge in [-0.25, -0.2) is 9.97 Å². The van der Waals surface area contributed by atoms with Gasteiger partial charge in [0.05, 0.1) is 32.8 Å². The first-order valence-electron chi connectivity index (χ1n) is 10.1. The quantitative estimate of drug-likeness (QED) is 0.268. The van der Waals surface area contributed by atoms with Crippen molar-refractivity contribution in [2.24, 2.45) is 0 Å². The summed E-state index contributed by atoms with van der Waals surface area (Å²) in [6.07, 6.45) is 7.97. The van der Waals surface area contributed by atoms with Crippen molar-refractivity contribution >= 4 is 69.6 Å². The van der Waals surface area contributed by atoms with Crippen LogP contribution in [-0.2, 0) is 0 Å². The van der Waals surface area contributed by atoms with E-state index in [1.54, 1.807) is 6.07 Å². The van der Waals surface area contributed by atoms with Crippen molar-refractivity contribution in [3.63, 3.8) is 0 Å². The molecule has 1 aromatic carbocycles. The molecule has 4 aromatic rings. The summed E-state index contributed by atoms with van der Waals surface area (Å²) in [4.78, 5) is 16.3. The molecule has 0 radical (unpaired) electrons. The molecule has 0 unspecified atom stereocenters. The van der Waals surface area contributed by atoms with Gasteiger partial charge in [0.2, 0.25) is 0 Å². The molecule has 0 saturated heterocycles. The minimum Gasteiger partial charge on any atom is -0.355 e. The highest BCUT2D eigenvalue weighted by Gasteiger charge is 2.11. The van der Waals surface area contributed by atoms with Crippen molar-refractivity contribution in [1.82, 2.24) is 19.9 Å². The number of aromatic amines is 2. The lowest BCUT2D eigenvalue weighted by molar-refractivity contribution is 1.28. The van der Waals surface area contributed by atoms with Crippen LogP contribution in [0.15, 0.2) is 60.7 Å². The standard InChI is InChI=1S/C26H16Cl2N4/c27-24-3-1-2-22(26(24)28)23-13-21-12-19-7-6-17(30-19)10-15-4-5-16(29-15)11-18-8-9-20(31-18)14-25(23)32-21/h1-14,30,32H. The smallest absolute Gasteiger partial charge is 0.0671 e. The van der Waals surface area contributed by atoms with Crippen molar-refractivity contribution in [1.29, 1.82) is 0 Å². The van der Waals surface area contributed by atoms with Crippen molar-refractivity contribution in [2.45, 2.75) is 0 Å². The molecule has 0 aliphatic carbocycles. The lowest BCUT2D eigenvalue weighted by atomic mass is 10.1. The molecule has 0 amide bonds. The molecule has 2 aliphatic rings. The maximum Gasteiger partial charge on any atom is 0.0671 e. The predicted molar refractivity (Wildman–Crippen MR) is 134 cm³/mol. The van der Waals surface area contributed by atoms with E-state index in [0.29, 0.717) is 10.0 Å². The summed E-state index contributed by atoms with van der Waals surface area (Å²) in [6.45, 7) is 0. The fourth-order valence-electron chi connectivity index (χ4n) is 3.95. The Morgan fingerprint density at radius 3 is 1.97 bits per heavy atom. The molecular formula is C26H16Cl2N4. The highest BCUT2D eigenvalue weighted by atomic mass is 35.5. The molecule has 4 nitrogen and oxygen atoms in total. The normalized spacial score (nSPS) is 12.4. The number of fused-ring (bicyclic) bond motifs is 8. The zero-order valence-corrected chi connectivity index (χ0v) is 18.2. The maximum atomic E-state index is 6.56. The lowest BCUT2D eigenvalue weighted by Crippen LogP contribution is -1.80. The predicted octanol–water partition coefficient (Wildman–Crippen LogP) is 7.63. The molecule has 32 heavy (non-hydrogen) atoms. The second-order valence-electron chi connectivity index (χ2n) is 7.69. The number of H-pyrrole nitrogens is 2. The van der Waals surface area contributed by atoms with Crippen molar-refractivity contribution < 1.29 is 0 Å². The average molecular weight is 455 g/mol. The largest absolute Gasteiger partial charge is 0.355 e. The van der Waals surface area contributed by atoms with Gasteiger partial charge in [0.15, 0.2) is 0 Å². The number of nitrogens with zero attached hydrogens (tertiary/aromatic N) is 2. The molecule has 8 bridgehead atoms. The number of rotatable bonds is 1. The van der Waals surface area contributed by atoms with Crippen LogP contribution in [0.3, 0.4) is 0 Å². The Morgan fingerprint density at radius 1 is 0.562 bits per heavy atom. The topological polar surface area (TPSA) is 57.4 Å². The fourth-order valence-corrected chi connectivity index (χ4v) is 4.36. The number of nitrogens with one attached hydrogen (secondary N) is 2. The van der Waals surface area contributed by atoms with Gasteiger partial charge in [-0.05, 0) is 72.8 Å². The van der Waals surface area contributed by atoms with E-state index in [4.69, 9.17) is 28.2 Å². The Morgan fingerprint density at radius 2 is 1.22 bits per heavy atom. The van der Waals surface area contributed by atoms with E-state index in [1.165, 1.54) is 0 Å². The van der Waals surface area contributed by atoms with Crippen LogP contribution in [0, 0.1) is 0 Å². The Hall–Kier alpha value is -3.60. The van der Waals surface area contributed by atoms with Crippen LogP contribution in [0.2, 0.25) is 10.0 Å². The van der Waals surface area contributed by atoms with Gasteiger partial charge in [0, 0.05) is 33.2 Å². The number of benzene rings is 1. The van der Waals surface area contributed by atoms with E-state index in [9.17, 15) is 0 Å². The summed E-state index contributed by atoms with van der Waals surface area (Å²) < 4.78 is 0. The number of aromatic nitrogens is 4. The molecule has 2 N–H and O–H groups in total. The van der Waals surface area contributed by atoms with Crippen LogP contribution in [0.1, 0.15) is 22.8 Å². The van der Waals surface area contributed by atoms with Crippen molar-refractivity contribution in [3.05, 3.63) is 93.5 Å². The Kier molecular flexibility index (Phi) is 4.49. The van der Waals surface area contributed by atoms with Crippen LogP contribution in [0.25, 0.3) is 57.5 Å². The molecule has 0 saturated carbocycles. The maximum absolute atomic E-state index is 6.56. The zero-order chi connectivity index (χ0) is 21.7. The molecule has 0 fully saturated rings. The van der Waals surface area contributed by atoms with Gasteiger partial charge in [0.1, 0.15) is 0 Å². The summed E-state index contributed by atoms with van der Waals surface area (Å²) in [5.74, 6) is 0. The highest BCUT2D eigenvalue weighted by molar-refractivity contribution is 6.43. The summed E-state index contributed by atoms with van der Waals surface area (Å²) in [6, 6.07) is 19.9. The first-order valence-corrected chi connectivity index (χ1v) is 10.9. The van der Waals surface area contributed by atoms with E-state index < -0.39 is 0 Å². The monoisotopic (exact) mass is 454 g/mol. The highest BCUT2D eigenvalue weighted by Crippen LogP contribution is 2.36. The second-order valence-corrected chi connectivity index (χ2v) is 8.47. The molecule has 5 heterocycles. The van der Waals surface area contributed by atoms with Gasteiger partial charge in [-0.15, -0.1) is 0 Å². The SMILES string of the molecule is Clc1cccc(-c2cc3cc4ccc(cc5nc(cc6nc(cc2[nH]3)C=C6)C=C5)[nH]4)c1Cl. The first-order chi connectivity index (χ1) is 15.6. The first kappa shape index (κ1) is 19.1. The van der Waals surface area contributed by atoms with Crippen LogP contribution in [0.5, 0.6) is 0 Å². The third kappa shape index (κ3) is 3.54. The lowest BCUT2D eigenvalue weighted by Gasteiger charge is -2.04. The number of hydrogen-bond donors (Lipinski definition) is 2.